The van der Waals surface area contributed by atoms with Crippen LogP contribution in [0.5, 0.6) is 0 Å². The number of methoxy groups -OCH3 is 1. The summed E-state index contributed by atoms with van der Waals surface area (Å²) < 4.78 is 4.60. The summed E-state index contributed by atoms with van der Waals surface area (Å²) in [5.41, 5.74) is 0. The molecule has 0 saturated carbocycles. The summed E-state index contributed by atoms with van der Waals surface area (Å²) in [5.74, 6) is -0.425. The number of ether oxygens (including phenoxy) is 1. The van der Waals surface area contributed by atoms with Crippen LogP contribution in [-0.2, 0) is 9.53 Å². The van der Waals surface area contributed by atoms with Gasteiger partial charge in [0.1, 0.15) is 6.04 Å². The first kappa shape index (κ1) is 11.3. The van der Waals surface area contributed by atoms with Crippen LogP contribution >= 0.6 is 11.6 Å². The number of hydrazine groups is 1. The van der Waals surface area contributed by atoms with Crippen LogP contribution < -0.4 is 0 Å². The fourth-order valence-corrected chi connectivity index (χ4v) is 1.84. The van der Waals surface area contributed by atoms with Gasteiger partial charge < -0.3 is 4.74 Å². The molecule has 1 atom stereocenters. The molecule has 1 aliphatic heterocycles. The third-order valence-electron chi connectivity index (χ3n) is 2.28. The summed E-state index contributed by atoms with van der Waals surface area (Å²) in [4.78, 5) is 22.4. The fourth-order valence-electron chi connectivity index (χ4n) is 1.59. The molecule has 6 heteroatoms. The van der Waals surface area contributed by atoms with E-state index in [-0.39, 0.29) is 0 Å². The lowest BCUT2D eigenvalue weighted by Crippen LogP contribution is -2.55. The lowest BCUT2D eigenvalue weighted by atomic mass is 10.1. The Kier molecular flexibility index (Phi) is 3.71. The van der Waals surface area contributed by atoms with Crippen LogP contribution in [0.4, 0.5) is 4.79 Å². The predicted octanol–water partition coefficient (Wildman–Crippen LogP) is 0.829. The van der Waals surface area contributed by atoms with Crippen LogP contribution in [0, 0.1) is 0 Å². The molecule has 0 bridgehead atoms. The summed E-state index contributed by atoms with van der Waals surface area (Å²) in [6.45, 7) is 0.714. The van der Waals surface area contributed by atoms with Gasteiger partial charge in [0, 0.05) is 13.6 Å². The second-order valence-electron chi connectivity index (χ2n) is 3.16. The average molecular weight is 221 g/mol. The minimum absolute atomic E-state index is 0.425. The first-order valence-electron chi connectivity index (χ1n) is 4.35. The van der Waals surface area contributed by atoms with E-state index in [9.17, 15) is 9.59 Å². The number of carbonyl (C=O) groups excluding carboxylic acids is 2. The molecule has 0 radical (unpaired) electrons. The van der Waals surface area contributed by atoms with E-state index in [2.05, 4.69) is 4.74 Å². The van der Waals surface area contributed by atoms with Gasteiger partial charge in [-0.1, -0.05) is 0 Å². The lowest BCUT2D eigenvalue weighted by molar-refractivity contribution is -0.154. The van der Waals surface area contributed by atoms with Crippen LogP contribution in [0.2, 0.25) is 0 Å². The van der Waals surface area contributed by atoms with E-state index in [0.717, 1.165) is 6.42 Å². The molecule has 1 rings (SSSR count). The SMILES string of the molecule is COC(=O)[C@@H]1CCCN(C)N1C(=O)Cl. The molecule has 1 aliphatic rings. The van der Waals surface area contributed by atoms with E-state index >= 15 is 0 Å². The van der Waals surface area contributed by atoms with Gasteiger partial charge in [-0.15, -0.1) is 0 Å². The molecular formula is C8H13ClN2O3. The third-order valence-corrected chi connectivity index (χ3v) is 2.45. The Morgan fingerprint density at radius 1 is 1.50 bits per heavy atom. The highest BCUT2D eigenvalue weighted by molar-refractivity contribution is 6.62. The minimum atomic E-state index is -0.650. The van der Waals surface area contributed by atoms with E-state index in [4.69, 9.17) is 11.6 Å². The van der Waals surface area contributed by atoms with Crippen molar-refractivity contribution < 1.29 is 14.3 Å². The molecule has 1 fully saturated rings. The third kappa shape index (κ3) is 2.16. The largest absolute Gasteiger partial charge is 0.467 e. The number of rotatable bonds is 1. The number of halogens is 1. The Labute approximate surface area is 87.5 Å². The number of nitrogens with zero attached hydrogens (tertiary/aromatic N) is 2. The fraction of sp³-hybridized carbons (Fsp3) is 0.750. The molecule has 1 heterocycles. The van der Waals surface area contributed by atoms with Crippen molar-refractivity contribution in [2.24, 2.45) is 0 Å². The monoisotopic (exact) mass is 220 g/mol. The van der Waals surface area contributed by atoms with Crippen LogP contribution in [0.3, 0.4) is 0 Å². The Balaban J connectivity index is 2.79. The van der Waals surface area contributed by atoms with Crippen molar-refractivity contribution in [2.45, 2.75) is 18.9 Å². The molecule has 80 valence electrons. The molecule has 1 saturated heterocycles. The van der Waals surface area contributed by atoms with Crippen molar-refractivity contribution in [1.29, 1.82) is 0 Å². The van der Waals surface area contributed by atoms with Gasteiger partial charge >= 0.3 is 11.3 Å². The van der Waals surface area contributed by atoms with Crippen molar-refractivity contribution in [2.75, 3.05) is 20.7 Å². The maximum Gasteiger partial charge on any atom is 0.331 e. The van der Waals surface area contributed by atoms with Crippen LogP contribution in [0.15, 0.2) is 0 Å². The first-order chi connectivity index (χ1) is 6.57. The number of carbonyl (C=O) groups is 2. The summed E-state index contributed by atoms with van der Waals surface area (Å²) >= 11 is 5.38. The molecule has 0 aromatic rings. The van der Waals surface area contributed by atoms with Crippen LogP contribution in [0.1, 0.15) is 12.8 Å². The maximum atomic E-state index is 11.3. The van der Waals surface area contributed by atoms with Gasteiger partial charge in [0.25, 0.3) is 0 Å². The normalized spacial score (nSPS) is 23.4. The second kappa shape index (κ2) is 4.61. The molecular weight excluding hydrogens is 208 g/mol. The summed E-state index contributed by atoms with van der Waals surface area (Å²) in [6, 6.07) is -0.580. The van der Waals surface area contributed by atoms with Gasteiger partial charge in [0.2, 0.25) is 0 Å². The molecule has 1 amide bonds. The topological polar surface area (TPSA) is 49.9 Å². The van der Waals surface area contributed by atoms with E-state index < -0.39 is 17.4 Å². The zero-order valence-corrected chi connectivity index (χ0v) is 8.95. The van der Waals surface area contributed by atoms with Crippen molar-refractivity contribution in [3.8, 4) is 0 Å². The Morgan fingerprint density at radius 2 is 2.14 bits per heavy atom. The van der Waals surface area contributed by atoms with E-state index in [0.29, 0.717) is 13.0 Å². The number of hydrogen-bond acceptors (Lipinski definition) is 4. The molecule has 0 aliphatic carbocycles. The number of amides is 1. The van der Waals surface area contributed by atoms with Crippen molar-refractivity contribution in [3.63, 3.8) is 0 Å². The highest BCUT2D eigenvalue weighted by atomic mass is 35.5. The molecule has 0 aromatic heterocycles. The van der Waals surface area contributed by atoms with E-state index in [1.54, 1.807) is 12.1 Å². The molecule has 14 heavy (non-hydrogen) atoms. The Hall–Kier alpha value is -0.810. The average Bonchev–Trinajstić information content (AvgIpc) is 2.15. The molecule has 0 unspecified atom stereocenters. The minimum Gasteiger partial charge on any atom is -0.467 e. The van der Waals surface area contributed by atoms with Gasteiger partial charge in [-0.25, -0.2) is 14.8 Å². The smallest absolute Gasteiger partial charge is 0.331 e. The second-order valence-corrected chi connectivity index (χ2v) is 3.48. The van der Waals surface area contributed by atoms with E-state index in [1.807, 2.05) is 0 Å². The Morgan fingerprint density at radius 3 is 2.64 bits per heavy atom. The zero-order chi connectivity index (χ0) is 10.7. The van der Waals surface area contributed by atoms with Gasteiger partial charge in [-0.3, -0.25) is 4.79 Å². The molecule has 5 nitrogen and oxygen atoms in total. The standard InChI is InChI=1S/C8H13ClN2O3/c1-10-5-3-4-6(7(12)14-2)11(10)8(9)13/h6H,3-5H2,1-2H3/t6-/m0/s1. The molecule has 0 aromatic carbocycles. The first-order valence-corrected chi connectivity index (χ1v) is 4.73. The summed E-state index contributed by atoms with van der Waals surface area (Å²) in [6.07, 6.45) is 1.44. The Bertz CT molecular complexity index is 247. The highest BCUT2D eigenvalue weighted by Crippen LogP contribution is 2.19. The summed E-state index contributed by atoms with van der Waals surface area (Å²) in [7, 11) is 3.02. The zero-order valence-electron chi connectivity index (χ0n) is 8.20. The number of esters is 1. The highest BCUT2D eigenvalue weighted by Gasteiger charge is 2.35. The van der Waals surface area contributed by atoms with Gasteiger partial charge in [0.05, 0.1) is 7.11 Å². The van der Waals surface area contributed by atoms with Crippen molar-refractivity contribution in [1.82, 2.24) is 10.0 Å². The molecule has 0 N–H and O–H groups in total. The van der Waals surface area contributed by atoms with Crippen molar-refractivity contribution in [3.05, 3.63) is 0 Å². The maximum absolute atomic E-state index is 11.3. The summed E-state index contributed by atoms with van der Waals surface area (Å²) in [5, 5.41) is 2.22. The predicted molar refractivity (Wildman–Crippen MR) is 50.8 cm³/mol. The molecule has 0 spiro atoms. The van der Waals surface area contributed by atoms with Gasteiger partial charge in [-0.2, -0.15) is 0 Å². The van der Waals surface area contributed by atoms with Crippen LogP contribution in [-0.4, -0.2) is 48.1 Å². The van der Waals surface area contributed by atoms with E-state index in [1.165, 1.54) is 12.1 Å². The number of hydrogen-bond donors (Lipinski definition) is 0. The van der Waals surface area contributed by atoms with Gasteiger partial charge in [0.15, 0.2) is 0 Å². The van der Waals surface area contributed by atoms with Gasteiger partial charge in [-0.05, 0) is 24.4 Å². The van der Waals surface area contributed by atoms with Crippen molar-refractivity contribution >= 4 is 22.9 Å². The quantitative estimate of drug-likeness (QED) is 0.373. The van der Waals surface area contributed by atoms with Crippen LogP contribution in [0.25, 0.3) is 0 Å². The lowest BCUT2D eigenvalue weighted by Gasteiger charge is -2.39.